The number of hydrogen-bond acceptors (Lipinski definition) is 2. The van der Waals surface area contributed by atoms with E-state index >= 15 is 0 Å². The summed E-state index contributed by atoms with van der Waals surface area (Å²) in [5.41, 5.74) is 2.73. The first-order chi connectivity index (χ1) is 8.13. The Kier molecular flexibility index (Phi) is 3.14. The van der Waals surface area contributed by atoms with Crippen LogP contribution in [0.15, 0.2) is 34.7 Å². The second kappa shape index (κ2) is 4.58. The van der Waals surface area contributed by atoms with Gasteiger partial charge in [-0.15, -0.1) is 0 Å². The molecule has 0 fully saturated rings. The van der Waals surface area contributed by atoms with Gasteiger partial charge in [0.1, 0.15) is 5.76 Å². The summed E-state index contributed by atoms with van der Waals surface area (Å²) in [5.74, 6) is 1.25. The molecule has 2 aromatic rings. The zero-order valence-corrected chi connectivity index (χ0v) is 10.4. The summed E-state index contributed by atoms with van der Waals surface area (Å²) in [6.45, 7) is 5.90. The van der Waals surface area contributed by atoms with Crippen molar-refractivity contribution in [2.45, 2.75) is 27.2 Å². The first kappa shape index (κ1) is 11.6. The summed E-state index contributed by atoms with van der Waals surface area (Å²) >= 11 is 0. The third kappa shape index (κ3) is 2.16. The summed E-state index contributed by atoms with van der Waals surface area (Å²) in [6, 6.07) is 9.47. The van der Waals surface area contributed by atoms with Gasteiger partial charge in [-0.25, -0.2) is 0 Å². The van der Waals surface area contributed by atoms with Crippen LogP contribution in [0.4, 0.5) is 0 Å². The Morgan fingerprint density at radius 1 is 1.12 bits per heavy atom. The van der Waals surface area contributed by atoms with E-state index in [9.17, 15) is 4.79 Å². The van der Waals surface area contributed by atoms with Crippen molar-refractivity contribution in [3.63, 3.8) is 0 Å². The van der Waals surface area contributed by atoms with Crippen LogP contribution in [0.3, 0.4) is 0 Å². The maximum absolute atomic E-state index is 12.3. The lowest BCUT2D eigenvalue weighted by atomic mass is 9.98. The fourth-order valence-electron chi connectivity index (χ4n) is 1.99. The number of ketones is 1. The maximum Gasteiger partial charge on any atom is 0.228 e. The Morgan fingerprint density at radius 3 is 2.29 bits per heavy atom. The summed E-state index contributed by atoms with van der Waals surface area (Å²) in [5, 5.41) is 0. The molecule has 1 heterocycles. The number of hydrogen-bond donors (Lipinski definition) is 0. The second-order valence-electron chi connectivity index (χ2n) is 4.22. The minimum atomic E-state index is -0.0275. The van der Waals surface area contributed by atoms with Crippen molar-refractivity contribution in [1.82, 2.24) is 0 Å². The molecule has 0 N–H and O–H groups in total. The van der Waals surface area contributed by atoms with Gasteiger partial charge in [-0.3, -0.25) is 4.79 Å². The van der Waals surface area contributed by atoms with Crippen molar-refractivity contribution in [2.75, 3.05) is 0 Å². The van der Waals surface area contributed by atoms with Gasteiger partial charge >= 0.3 is 0 Å². The quantitative estimate of drug-likeness (QED) is 0.750. The van der Waals surface area contributed by atoms with E-state index in [0.717, 1.165) is 28.9 Å². The topological polar surface area (TPSA) is 30.2 Å². The van der Waals surface area contributed by atoms with Crippen molar-refractivity contribution in [3.05, 3.63) is 58.5 Å². The lowest BCUT2D eigenvalue weighted by Gasteiger charge is -2.06. The number of benzene rings is 1. The molecule has 0 aliphatic carbocycles. The highest BCUT2D eigenvalue weighted by Crippen LogP contribution is 2.19. The molecule has 0 aliphatic heterocycles. The molecule has 0 spiro atoms. The molecule has 0 aliphatic rings. The van der Waals surface area contributed by atoms with Gasteiger partial charge in [0, 0.05) is 12.0 Å². The SMILES string of the molecule is CCc1ccc(C(=O)c2c(C)cccc2C)o1. The van der Waals surface area contributed by atoms with Crippen LogP contribution in [0.2, 0.25) is 0 Å². The maximum atomic E-state index is 12.3. The van der Waals surface area contributed by atoms with E-state index in [1.807, 2.05) is 45.0 Å². The van der Waals surface area contributed by atoms with Crippen LogP contribution in [0.5, 0.6) is 0 Å². The van der Waals surface area contributed by atoms with Crippen LogP contribution in [-0.2, 0) is 6.42 Å². The van der Waals surface area contributed by atoms with Gasteiger partial charge in [-0.05, 0) is 37.1 Å². The van der Waals surface area contributed by atoms with Gasteiger partial charge in [0.05, 0.1) is 0 Å². The first-order valence-corrected chi connectivity index (χ1v) is 5.83. The predicted octanol–water partition coefficient (Wildman–Crippen LogP) is 3.69. The Hall–Kier alpha value is -1.83. The van der Waals surface area contributed by atoms with Gasteiger partial charge < -0.3 is 4.42 Å². The molecular formula is C15H16O2. The molecule has 0 bridgehead atoms. The molecule has 2 rings (SSSR count). The third-order valence-corrected chi connectivity index (χ3v) is 2.94. The van der Waals surface area contributed by atoms with Crippen molar-refractivity contribution in [1.29, 1.82) is 0 Å². The summed E-state index contributed by atoms with van der Waals surface area (Å²) in [6.07, 6.45) is 0.806. The van der Waals surface area contributed by atoms with Crippen molar-refractivity contribution < 1.29 is 9.21 Å². The number of aryl methyl sites for hydroxylation is 3. The third-order valence-electron chi connectivity index (χ3n) is 2.94. The zero-order chi connectivity index (χ0) is 12.4. The number of furan rings is 1. The van der Waals surface area contributed by atoms with Crippen LogP contribution >= 0.6 is 0 Å². The molecule has 2 heteroatoms. The molecule has 1 aromatic heterocycles. The lowest BCUT2D eigenvalue weighted by molar-refractivity contribution is 0.101. The Morgan fingerprint density at radius 2 is 1.76 bits per heavy atom. The highest BCUT2D eigenvalue weighted by molar-refractivity contribution is 6.09. The molecule has 0 saturated heterocycles. The van der Waals surface area contributed by atoms with Crippen molar-refractivity contribution in [3.8, 4) is 0 Å². The normalized spacial score (nSPS) is 10.5. The van der Waals surface area contributed by atoms with E-state index in [1.165, 1.54) is 0 Å². The fraction of sp³-hybridized carbons (Fsp3) is 0.267. The zero-order valence-electron chi connectivity index (χ0n) is 10.4. The van der Waals surface area contributed by atoms with Crippen LogP contribution in [0.1, 0.15) is 39.9 Å². The first-order valence-electron chi connectivity index (χ1n) is 5.83. The van der Waals surface area contributed by atoms with Crippen LogP contribution in [0, 0.1) is 13.8 Å². The largest absolute Gasteiger partial charge is 0.458 e. The van der Waals surface area contributed by atoms with Crippen LogP contribution in [0.25, 0.3) is 0 Å². The summed E-state index contributed by atoms with van der Waals surface area (Å²) < 4.78 is 5.51. The lowest BCUT2D eigenvalue weighted by Crippen LogP contribution is -2.04. The number of rotatable bonds is 3. The van der Waals surface area contributed by atoms with E-state index in [1.54, 1.807) is 6.07 Å². The Bertz CT molecular complexity index is 530. The smallest absolute Gasteiger partial charge is 0.228 e. The summed E-state index contributed by atoms with van der Waals surface area (Å²) in [4.78, 5) is 12.3. The van der Waals surface area contributed by atoms with Crippen molar-refractivity contribution >= 4 is 5.78 Å². The van der Waals surface area contributed by atoms with E-state index in [4.69, 9.17) is 4.42 Å². The van der Waals surface area contributed by atoms with E-state index < -0.39 is 0 Å². The monoisotopic (exact) mass is 228 g/mol. The predicted molar refractivity (Wildman–Crippen MR) is 67.4 cm³/mol. The standard InChI is InChI=1S/C15H16O2/c1-4-12-8-9-13(17-12)15(16)14-10(2)6-5-7-11(14)3/h5-9H,4H2,1-3H3. The van der Waals surface area contributed by atoms with Gasteiger partial charge in [-0.1, -0.05) is 25.1 Å². The minimum Gasteiger partial charge on any atom is -0.458 e. The summed E-state index contributed by atoms with van der Waals surface area (Å²) in [7, 11) is 0. The molecule has 17 heavy (non-hydrogen) atoms. The molecule has 0 atom stereocenters. The fourth-order valence-corrected chi connectivity index (χ4v) is 1.99. The number of carbonyl (C=O) groups excluding carboxylic acids is 1. The Balaban J connectivity index is 2.43. The van der Waals surface area contributed by atoms with Gasteiger partial charge in [0.15, 0.2) is 5.76 Å². The van der Waals surface area contributed by atoms with E-state index in [-0.39, 0.29) is 5.78 Å². The van der Waals surface area contributed by atoms with Gasteiger partial charge in [0.25, 0.3) is 0 Å². The van der Waals surface area contributed by atoms with Crippen molar-refractivity contribution in [2.24, 2.45) is 0 Å². The van der Waals surface area contributed by atoms with E-state index in [2.05, 4.69) is 0 Å². The molecule has 0 amide bonds. The molecule has 0 unspecified atom stereocenters. The van der Waals surface area contributed by atoms with Gasteiger partial charge in [-0.2, -0.15) is 0 Å². The Labute approximate surface area is 101 Å². The van der Waals surface area contributed by atoms with E-state index in [0.29, 0.717) is 5.76 Å². The number of carbonyl (C=O) groups is 1. The highest BCUT2D eigenvalue weighted by atomic mass is 16.3. The van der Waals surface area contributed by atoms with Gasteiger partial charge in [0.2, 0.25) is 5.78 Å². The van der Waals surface area contributed by atoms with Crippen LogP contribution < -0.4 is 0 Å². The average Bonchev–Trinajstić information content (AvgIpc) is 2.77. The molecule has 0 saturated carbocycles. The minimum absolute atomic E-state index is 0.0275. The van der Waals surface area contributed by atoms with Crippen LogP contribution in [-0.4, -0.2) is 5.78 Å². The molecule has 88 valence electrons. The highest BCUT2D eigenvalue weighted by Gasteiger charge is 2.17. The molecular weight excluding hydrogens is 212 g/mol. The molecule has 1 aromatic carbocycles. The second-order valence-corrected chi connectivity index (χ2v) is 4.22. The average molecular weight is 228 g/mol. The molecule has 0 radical (unpaired) electrons. The molecule has 2 nitrogen and oxygen atoms in total.